The minimum Gasteiger partial charge on any atom is -0.361 e. The summed E-state index contributed by atoms with van der Waals surface area (Å²) in [6, 6.07) is 0.225. The van der Waals surface area contributed by atoms with E-state index in [2.05, 4.69) is 34.7 Å². The minimum absolute atomic E-state index is 0.225. The third kappa shape index (κ3) is 2.79. The van der Waals surface area contributed by atoms with Crippen LogP contribution in [0.15, 0.2) is 9.90 Å². The smallest absolute Gasteiger partial charge is 0.138 e. The van der Waals surface area contributed by atoms with Gasteiger partial charge in [0.15, 0.2) is 0 Å². The first-order valence-corrected chi connectivity index (χ1v) is 7.09. The van der Waals surface area contributed by atoms with Gasteiger partial charge in [-0.25, -0.2) is 4.98 Å². The Labute approximate surface area is 111 Å². The summed E-state index contributed by atoms with van der Waals surface area (Å²) < 4.78 is 5.19. The number of thiazole rings is 1. The molecule has 0 radical (unpaired) electrons. The third-order valence-corrected chi connectivity index (χ3v) is 4.05. The molecule has 0 amide bonds. The van der Waals surface area contributed by atoms with E-state index in [1.807, 2.05) is 13.8 Å². The molecule has 0 aromatic carbocycles. The third-order valence-electron chi connectivity index (χ3n) is 3.01. The normalized spacial score (nSPS) is 12.9. The molecular weight excluding hydrogens is 246 g/mol. The summed E-state index contributed by atoms with van der Waals surface area (Å²) in [4.78, 5) is 4.54. The van der Waals surface area contributed by atoms with Crippen LogP contribution in [0.3, 0.4) is 0 Å². The van der Waals surface area contributed by atoms with Gasteiger partial charge in [-0.2, -0.15) is 0 Å². The van der Waals surface area contributed by atoms with E-state index < -0.39 is 0 Å². The van der Waals surface area contributed by atoms with Gasteiger partial charge in [0.25, 0.3) is 0 Å². The number of hydrogen-bond acceptors (Lipinski definition) is 5. The van der Waals surface area contributed by atoms with Crippen LogP contribution in [-0.2, 0) is 13.0 Å². The molecule has 2 rings (SSSR count). The standard InChI is InChI=1S/C13H19N3OS/c1-5-12-15-11(7-18-12)6-14-8(2)13-9(3)16-17-10(13)4/h7-8,14H,5-6H2,1-4H3. The van der Waals surface area contributed by atoms with Crippen molar-refractivity contribution >= 4 is 11.3 Å². The zero-order chi connectivity index (χ0) is 13.1. The molecule has 2 aromatic heterocycles. The van der Waals surface area contributed by atoms with Gasteiger partial charge in [0.2, 0.25) is 0 Å². The Hall–Kier alpha value is -1.20. The van der Waals surface area contributed by atoms with Gasteiger partial charge in [-0.1, -0.05) is 12.1 Å². The number of rotatable bonds is 5. The summed E-state index contributed by atoms with van der Waals surface area (Å²) >= 11 is 1.72. The van der Waals surface area contributed by atoms with Crippen molar-refractivity contribution in [2.24, 2.45) is 0 Å². The summed E-state index contributed by atoms with van der Waals surface area (Å²) in [5.74, 6) is 0.889. The monoisotopic (exact) mass is 265 g/mol. The molecule has 0 saturated carbocycles. The molecule has 2 aromatic rings. The van der Waals surface area contributed by atoms with E-state index in [1.54, 1.807) is 11.3 Å². The van der Waals surface area contributed by atoms with Crippen molar-refractivity contribution in [3.63, 3.8) is 0 Å². The molecule has 0 fully saturated rings. The lowest BCUT2D eigenvalue weighted by Gasteiger charge is -2.12. The summed E-state index contributed by atoms with van der Waals surface area (Å²) in [7, 11) is 0. The van der Waals surface area contributed by atoms with Crippen LogP contribution in [0.1, 0.15) is 47.6 Å². The molecule has 0 spiro atoms. The lowest BCUT2D eigenvalue weighted by molar-refractivity contribution is 0.390. The van der Waals surface area contributed by atoms with E-state index in [4.69, 9.17) is 4.52 Å². The maximum atomic E-state index is 5.19. The van der Waals surface area contributed by atoms with Gasteiger partial charge < -0.3 is 9.84 Å². The molecule has 98 valence electrons. The second-order valence-electron chi connectivity index (χ2n) is 4.43. The number of aromatic nitrogens is 2. The molecule has 5 heteroatoms. The number of aryl methyl sites for hydroxylation is 3. The molecule has 18 heavy (non-hydrogen) atoms. The Kier molecular flexibility index (Phi) is 4.14. The van der Waals surface area contributed by atoms with Gasteiger partial charge in [-0.3, -0.25) is 0 Å². The van der Waals surface area contributed by atoms with Gasteiger partial charge in [0.05, 0.1) is 16.4 Å². The van der Waals surface area contributed by atoms with Crippen molar-refractivity contribution < 1.29 is 4.52 Å². The Morgan fingerprint density at radius 2 is 2.22 bits per heavy atom. The second-order valence-corrected chi connectivity index (χ2v) is 5.37. The fraction of sp³-hybridized carbons (Fsp3) is 0.538. The highest BCUT2D eigenvalue weighted by molar-refractivity contribution is 7.09. The summed E-state index contributed by atoms with van der Waals surface area (Å²) in [5, 5.41) is 10.8. The minimum atomic E-state index is 0.225. The van der Waals surface area contributed by atoms with Crippen LogP contribution in [-0.4, -0.2) is 10.1 Å². The van der Waals surface area contributed by atoms with Crippen LogP contribution in [0.5, 0.6) is 0 Å². The van der Waals surface area contributed by atoms with Gasteiger partial charge in [0.1, 0.15) is 5.76 Å². The molecule has 0 aliphatic rings. The Balaban J connectivity index is 1.98. The van der Waals surface area contributed by atoms with E-state index in [9.17, 15) is 0 Å². The van der Waals surface area contributed by atoms with E-state index in [0.29, 0.717) is 0 Å². The molecule has 4 nitrogen and oxygen atoms in total. The lowest BCUT2D eigenvalue weighted by Crippen LogP contribution is -2.19. The van der Waals surface area contributed by atoms with E-state index in [-0.39, 0.29) is 6.04 Å². The molecule has 0 bridgehead atoms. The molecule has 1 unspecified atom stereocenters. The van der Waals surface area contributed by atoms with Crippen molar-refractivity contribution in [2.75, 3.05) is 0 Å². The molecule has 1 atom stereocenters. The highest BCUT2D eigenvalue weighted by Crippen LogP contribution is 2.21. The highest BCUT2D eigenvalue weighted by Gasteiger charge is 2.16. The average Bonchev–Trinajstić information content (AvgIpc) is 2.93. The largest absolute Gasteiger partial charge is 0.361 e. The van der Waals surface area contributed by atoms with Gasteiger partial charge in [0, 0.05) is 23.5 Å². The first-order chi connectivity index (χ1) is 8.61. The summed E-state index contributed by atoms with van der Waals surface area (Å²) in [6.45, 7) is 8.96. The number of nitrogens with zero attached hydrogens (tertiary/aromatic N) is 2. The summed E-state index contributed by atoms with van der Waals surface area (Å²) in [6.07, 6.45) is 1.00. The first kappa shape index (κ1) is 13.2. The maximum absolute atomic E-state index is 5.19. The van der Waals surface area contributed by atoms with Gasteiger partial charge in [-0.15, -0.1) is 11.3 Å². The Morgan fingerprint density at radius 1 is 1.44 bits per heavy atom. The molecule has 2 heterocycles. The molecule has 0 aliphatic heterocycles. The Bertz CT molecular complexity index is 499. The zero-order valence-corrected chi connectivity index (χ0v) is 12.1. The maximum Gasteiger partial charge on any atom is 0.138 e. The van der Waals surface area contributed by atoms with Crippen molar-refractivity contribution in [1.29, 1.82) is 0 Å². The van der Waals surface area contributed by atoms with Crippen molar-refractivity contribution in [1.82, 2.24) is 15.5 Å². The molecular formula is C13H19N3OS. The summed E-state index contributed by atoms with van der Waals surface area (Å²) in [5.41, 5.74) is 3.22. The quantitative estimate of drug-likeness (QED) is 0.902. The van der Waals surface area contributed by atoms with Crippen LogP contribution in [0.25, 0.3) is 0 Å². The Morgan fingerprint density at radius 3 is 2.78 bits per heavy atom. The predicted octanol–water partition coefficient (Wildman–Crippen LogP) is 3.16. The second kappa shape index (κ2) is 5.63. The highest BCUT2D eigenvalue weighted by atomic mass is 32.1. The van der Waals surface area contributed by atoms with Gasteiger partial charge >= 0.3 is 0 Å². The van der Waals surface area contributed by atoms with Gasteiger partial charge in [-0.05, 0) is 27.2 Å². The van der Waals surface area contributed by atoms with Crippen LogP contribution in [0.2, 0.25) is 0 Å². The average molecular weight is 265 g/mol. The number of hydrogen-bond donors (Lipinski definition) is 1. The molecule has 0 aliphatic carbocycles. The fourth-order valence-corrected chi connectivity index (χ4v) is 2.81. The van der Waals surface area contributed by atoms with E-state index >= 15 is 0 Å². The van der Waals surface area contributed by atoms with Crippen LogP contribution < -0.4 is 5.32 Å². The molecule has 0 saturated heterocycles. The first-order valence-electron chi connectivity index (χ1n) is 6.21. The zero-order valence-electron chi connectivity index (χ0n) is 11.3. The van der Waals surface area contributed by atoms with Crippen molar-refractivity contribution in [3.8, 4) is 0 Å². The van der Waals surface area contributed by atoms with Crippen LogP contribution in [0, 0.1) is 13.8 Å². The SMILES string of the molecule is CCc1nc(CNC(C)c2c(C)noc2C)cs1. The van der Waals surface area contributed by atoms with Crippen molar-refractivity contribution in [3.05, 3.63) is 33.1 Å². The molecule has 1 N–H and O–H groups in total. The predicted molar refractivity (Wildman–Crippen MR) is 72.7 cm³/mol. The lowest BCUT2D eigenvalue weighted by atomic mass is 10.1. The van der Waals surface area contributed by atoms with E-state index in [0.717, 1.165) is 35.7 Å². The topological polar surface area (TPSA) is 51.0 Å². The van der Waals surface area contributed by atoms with Crippen LogP contribution in [0.4, 0.5) is 0 Å². The fourth-order valence-electron chi connectivity index (χ4n) is 2.06. The number of nitrogens with one attached hydrogen (secondary N) is 1. The van der Waals surface area contributed by atoms with Crippen molar-refractivity contribution in [2.45, 2.75) is 46.7 Å². The van der Waals surface area contributed by atoms with Crippen LogP contribution >= 0.6 is 11.3 Å². The van der Waals surface area contributed by atoms with E-state index in [1.165, 1.54) is 5.01 Å².